The van der Waals surface area contributed by atoms with E-state index in [4.69, 9.17) is 16.7 Å². The van der Waals surface area contributed by atoms with E-state index in [0.29, 0.717) is 0 Å². The van der Waals surface area contributed by atoms with Crippen molar-refractivity contribution in [2.24, 2.45) is 5.92 Å². The van der Waals surface area contributed by atoms with Crippen molar-refractivity contribution in [3.8, 4) is 0 Å². The first-order valence-electron chi connectivity index (χ1n) is 6.20. The lowest BCUT2D eigenvalue weighted by Crippen LogP contribution is -2.41. The van der Waals surface area contributed by atoms with Gasteiger partial charge in [-0.2, -0.15) is 0 Å². The molecule has 8 heteroatoms. The van der Waals surface area contributed by atoms with Crippen molar-refractivity contribution in [3.05, 3.63) is 38.9 Å². The molecule has 1 aromatic carbocycles. The second-order valence-corrected chi connectivity index (χ2v) is 5.27. The summed E-state index contributed by atoms with van der Waals surface area (Å²) in [4.78, 5) is 33.2. The van der Waals surface area contributed by atoms with E-state index < -0.39 is 28.5 Å². The third-order valence-electron chi connectivity index (χ3n) is 2.73. The molecule has 0 aliphatic rings. The molecule has 1 amide bonds. The van der Waals surface area contributed by atoms with Crippen molar-refractivity contribution in [3.63, 3.8) is 0 Å². The Hall–Kier alpha value is -2.15. The zero-order valence-electron chi connectivity index (χ0n) is 11.5. The van der Waals surface area contributed by atoms with E-state index in [9.17, 15) is 19.7 Å². The maximum Gasteiger partial charge on any atom is 0.326 e. The second-order valence-electron chi connectivity index (χ2n) is 4.89. The third kappa shape index (κ3) is 4.42. The number of carbonyl (C=O) groups is 2. The summed E-state index contributed by atoms with van der Waals surface area (Å²) in [5.41, 5.74) is -0.527. The van der Waals surface area contributed by atoms with Crippen LogP contribution in [-0.4, -0.2) is 27.9 Å². The van der Waals surface area contributed by atoms with Crippen LogP contribution in [0, 0.1) is 16.0 Å². The van der Waals surface area contributed by atoms with Crippen LogP contribution in [-0.2, 0) is 4.79 Å². The van der Waals surface area contributed by atoms with Gasteiger partial charge in [-0.1, -0.05) is 31.5 Å². The topological polar surface area (TPSA) is 110 Å². The van der Waals surface area contributed by atoms with Crippen molar-refractivity contribution in [2.75, 3.05) is 0 Å². The Balaban J connectivity index is 3.01. The first-order chi connectivity index (χ1) is 9.73. The molecule has 0 aliphatic carbocycles. The SMILES string of the molecule is CC(C)CC(NC(=O)c1cccc([N+](=O)[O-])c1Cl)C(=O)O. The molecule has 0 aromatic heterocycles. The van der Waals surface area contributed by atoms with Gasteiger partial charge >= 0.3 is 5.97 Å². The molecule has 1 aromatic rings. The fourth-order valence-electron chi connectivity index (χ4n) is 1.77. The molecule has 7 nitrogen and oxygen atoms in total. The fourth-order valence-corrected chi connectivity index (χ4v) is 2.05. The molecule has 0 radical (unpaired) electrons. The van der Waals surface area contributed by atoms with Gasteiger partial charge in [-0.3, -0.25) is 14.9 Å². The van der Waals surface area contributed by atoms with Crippen LogP contribution in [0.15, 0.2) is 18.2 Å². The molecule has 0 spiro atoms. The Labute approximate surface area is 126 Å². The standard InChI is InChI=1S/C13H15ClN2O5/c1-7(2)6-9(13(18)19)15-12(17)8-4-3-5-10(11(8)14)16(20)21/h3-5,7,9H,6H2,1-2H3,(H,15,17)(H,18,19). The summed E-state index contributed by atoms with van der Waals surface area (Å²) < 4.78 is 0. The molecular weight excluding hydrogens is 300 g/mol. The van der Waals surface area contributed by atoms with E-state index in [1.54, 1.807) is 0 Å². The van der Waals surface area contributed by atoms with Crippen molar-refractivity contribution in [1.29, 1.82) is 0 Å². The number of hydrogen-bond donors (Lipinski definition) is 2. The van der Waals surface area contributed by atoms with E-state index in [2.05, 4.69) is 5.32 Å². The number of rotatable bonds is 6. The van der Waals surface area contributed by atoms with Gasteiger partial charge in [0.05, 0.1) is 10.5 Å². The first-order valence-corrected chi connectivity index (χ1v) is 6.58. The van der Waals surface area contributed by atoms with Crippen molar-refractivity contribution >= 4 is 29.2 Å². The van der Waals surface area contributed by atoms with Crippen LogP contribution >= 0.6 is 11.6 Å². The highest BCUT2D eigenvalue weighted by molar-refractivity contribution is 6.35. The van der Waals surface area contributed by atoms with Gasteiger partial charge in [-0.05, 0) is 18.4 Å². The van der Waals surface area contributed by atoms with Crippen molar-refractivity contribution in [1.82, 2.24) is 5.32 Å². The van der Waals surface area contributed by atoms with Gasteiger partial charge in [0.2, 0.25) is 0 Å². The van der Waals surface area contributed by atoms with Crippen LogP contribution in [0.4, 0.5) is 5.69 Å². The van der Waals surface area contributed by atoms with Crippen LogP contribution < -0.4 is 5.32 Å². The zero-order chi connectivity index (χ0) is 16.2. The lowest BCUT2D eigenvalue weighted by Gasteiger charge is -2.16. The second kappa shape index (κ2) is 7.03. The van der Waals surface area contributed by atoms with E-state index in [1.807, 2.05) is 13.8 Å². The van der Waals surface area contributed by atoms with Crippen LogP contribution in [0.2, 0.25) is 5.02 Å². The highest BCUT2D eigenvalue weighted by atomic mass is 35.5. The molecule has 2 N–H and O–H groups in total. The minimum Gasteiger partial charge on any atom is -0.480 e. The number of amides is 1. The first kappa shape index (κ1) is 16.9. The van der Waals surface area contributed by atoms with Gasteiger partial charge in [0.1, 0.15) is 11.1 Å². The van der Waals surface area contributed by atoms with Gasteiger partial charge in [0.25, 0.3) is 11.6 Å². The number of carbonyl (C=O) groups excluding carboxylic acids is 1. The number of nitro benzene ring substituents is 1. The number of nitrogens with zero attached hydrogens (tertiary/aromatic N) is 1. The Bertz CT molecular complexity index is 574. The Morgan fingerprint density at radius 3 is 2.52 bits per heavy atom. The van der Waals surface area contributed by atoms with E-state index in [-0.39, 0.29) is 22.9 Å². The number of carboxylic acid groups (broad SMARTS) is 1. The smallest absolute Gasteiger partial charge is 0.326 e. The molecule has 21 heavy (non-hydrogen) atoms. The van der Waals surface area contributed by atoms with Crippen LogP contribution in [0.25, 0.3) is 0 Å². The fraction of sp³-hybridized carbons (Fsp3) is 0.385. The quantitative estimate of drug-likeness (QED) is 0.619. The summed E-state index contributed by atoms with van der Waals surface area (Å²) in [6.45, 7) is 3.64. The van der Waals surface area contributed by atoms with Gasteiger partial charge in [-0.25, -0.2) is 4.79 Å². The van der Waals surface area contributed by atoms with Gasteiger partial charge in [0, 0.05) is 6.07 Å². The largest absolute Gasteiger partial charge is 0.480 e. The minimum atomic E-state index is -1.17. The number of nitro groups is 1. The molecule has 0 saturated heterocycles. The van der Waals surface area contributed by atoms with Gasteiger partial charge < -0.3 is 10.4 Å². The maximum absolute atomic E-state index is 12.1. The third-order valence-corrected chi connectivity index (χ3v) is 3.13. The molecule has 0 aliphatic heterocycles. The van der Waals surface area contributed by atoms with Crippen molar-refractivity contribution in [2.45, 2.75) is 26.3 Å². The lowest BCUT2D eigenvalue weighted by molar-refractivity contribution is -0.384. The summed E-state index contributed by atoms with van der Waals surface area (Å²) in [7, 11) is 0. The highest BCUT2D eigenvalue weighted by Gasteiger charge is 2.25. The maximum atomic E-state index is 12.1. The normalized spacial score (nSPS) is 12.0. The van der Waals surface area contributed by atoms with Crippen molar-refractivity contribution < 1.29 is 19.6 Å². The molecule has 1 rings (SSSR count). The minimum absolute atomic E-state index is 0.0620. The molecular formula is C13H15ClN2O5. The number of halogens is 1. The summed E-state index contributed by atoms with van der Waals surface area (Å²) >= 11 is 5.82. The predicted molar refractivity (Wildman–Crippen MR) is 76.5 cm³/mol. The summed E-state index contributed by atoms with van der Waals surface area (Å²) in [6, 6.07) is 2.71. The Morgan fingerprint density at radius 2 is 2.05 bits per heavy atom. The molecule has 0 fully saturated rings. The summed E-state index contributed by atoms with van der Waals surface area (Å²) in [5, 5.41) is 21.9. The molecule has 1 unspecified atom stereocenters. The van der Waals surface area contributed by atoms with Crippen LogP contribution in [0.1, 0.15) is 30.6 Å². The van der Waals surface area contributed by atoms with Crippen LogP contribution in [0.3, 0.4) is 0 Å². The highest BCUT2D eigenvalue weighted by Crippen LogP contribution is 2.27. The number of carboxylic acids is 1. The summed E-state index contributed by atoms with van der Waals surface area (Å²) in [6.07, 6.45) is 0.244. The van der Waals surface area contributed by atoms with E-state index in [0.717, 1.165) is 0 Å². The monoisotopic (exact) mass is 314 g/mol. The van der Waals surface area contributed by atoms with Gasteiger partial charge in [-0.15, -0.1) is 0 Å². The van der Waals surface area contributed by atoms with E-state index in [1.165, 1.54) is 18.2 Å². The molecule has 114 valence electrons. The number of benzene rings is 1. The summed E-state index contributed by atoms with van der Waals surface area (Å²) in [5.74, 6) is -1.86. The molecule has 1 atom stereocenters. The number of nitrogens with one attached hydrogen (secondary N) is 1. The Morgan fingerprint density at radius 1 is 1.43 bits per heavy atom. The predicted octanol–water partition coefficient (Wildman–Crippen LogP) is 2.48. The average Bonchev–Trinajstić information content (AvgIpc) is 2.36. The average molecular weight is 315 g/mol. The molecule has 0 heterocycles. The zero-order valence-corrected chi connectivity index (χ0v) is 12.3. The molecule has 0 bridgehead atoms. The lowest BCUT2D eigenvalue weighted by atomic mass is 10.0. The number of hydrogen-bond acceptors (Lipinski definition) is 4. The van der Waals surface area contributed by atoms with Gasteiger partial charge in [0.15, 0.2) is 0 Å². The molecule has 0 saturated carbocycles. The Kier molecular flexibility index (Phi) is 5.66. The van der Waals surface area contributed by atoms with E-state index >= 15 is 0 Å². The number of aliphatic carboxylic acids is 1. The van der Waals surface area contributed by atoms with Crippen LogP contribution in [0.5, 0.6) is 0 Å².